The Morgan fingerprint density at radius 1 is 1.24 bits per heavy atom. The number of guanidine groups is 1. The lowest BCUT2D eigenvalue weighted by atomic mass is 10.2. The molecule has 1 heterocycles. The van der Waals surface area contributed by atoms with Gasteiger partial charge in [-0.05, 0) is 40.2 Å². The van der Waals surface area contributed by atoms with E-state index in [1.165, 1.54) is 0 Å². The van der Waals surface area contributed by atoms with Crippen LogP contribution >= 0.6 is 24.0 Å². The molecule has 0 spiro atoms. The first kappa shape index (κ1) is 23.9. The second-order valence-electron chi connectivity index (χ2n) is 6.30. The first-order valence-electron chi connectivity index (χ1n) is 8.67. The maximum atomic E-state index is 5.26. The topological polar surface area (TPSA) is 61.8 Å². The van der Waals surface area contributed by atoms with Gasteiger partial charge in [0, 0.05) is 50.5 Å². The van der Waals surface area contributed by atoms with Crippen LogP contribution in [0.1, 0.15) is 39.7 Å². The average molecular weight is 463 g/mol. The summed E-state index contributed by atoms with van der Waals surface area (Å²) >= 11 is 0. The van der Waals surface area contributed by atoms with E-state index in [2.05, 4.69) is 53.2 Å². The van der Waals surface area contributed by atoms with Crippen molar-refractivity contribution in [2.24, 2.45) is 4.99 Å². The number of nitrogens with one attached hydrogen (secondary N) is 2. The summed E-state index contributed by atoms with van der Waals surface area (Å²) in [6, 6.07) is 5.04. The lowest BCUT2D eigenvalue weighted by molar-refractivity contribution is 0.173. The van der Waals surface area contributed by atoms with Crippen LogP contribution in [-0.4, -0.2) is 55.2 Å². The average Bonchev–Trinajstić information content (AvgIpc) is 2.56. The molecule has 0 saturated heterocycles. The number of hydrogen-bond donors (Lipinski definition) is 2. The Bertz CT molecular complexity index is 500. The molecule has 0 bridgehead atoms. The van der Waals surface area contributed by atoms with Gasteiger partial charge < -0.3 is 15.4 Å². The SMILES string of the molecule is CN=C(NCCCN(C(C)C)C(C)C)NCc1cccnc1OC.I. The van der Waals surface area contributed by atoms with Gasteiger partial charge in [-0.2, -0.15) is 0 Å². The minimum atomic E-state index is 0. The van der Waals surface area contributed by atoms with Gasteiger partial charge in [0.1, 0.15) is 0 Å². The lowest BCUT2D eigenvalue weighted by Gasteiger charge is -2.30. The molecule has 0 aliphatic rings. The first-order chi connectivity index (χ1) is 11.5. The van der Waals surface area contributed by atoms with E-state index in [0.717, 1.165) is 31.0 Å². The van der Waals surface area contributed by atoms with Crippen molar-refractivity contribution in [1.82, 2.24) is 20.5 Å². The van der Waals surface area contributed by atoms with Crippen LogP contribution in [0.5, 0.6) is 5.88 Å². The van der Waals surface area contributed by atoms with Crippen LogP contribution in [0.25, 0.3) is 0 Å². The molecule has 0 saturated carbocycles. The molecule has 25 heavy (non-hydrogen) atoms. The number of halogens is 1. The van der Waals surface area contributed by atoms with Crippen molar-refractivity contribution in [2.45, 2.75) is 52.7 Å². The molecule has 7 heteroatoms. The monoisotopic (exact) mass is 463 g/mol. The quantitative estimate of drug-likeness (QED) is 0.255. The summed E-state index contributed by atoms with van der Waals surface area (Å²) in [5.74, 6) is 1.44. The van der Waals surface area contributed by atoms with Gasteiger partial charge in [-0.3, -0.25) is 9.89 Å². The fourth-order valence-corrected chi connectivity index (χ4v) is 2.72. The maximum Gasteiger partial charge on any atom is 0.218 e. The summed E-state index contributed by atoms with van der Waals surface area (Å²) in [5.41, 5.74) is 1.01. The van der Waals surface area contributed by atoms with Gasteiger partial charge in [-0.1, -0.05) is 6.07 Å². The molecule has 0 aliphatic heterocycles. The fraction of sp³-hybridized carbons (Fsp3) is 0.667. The van der Waals surface area contributed by atoms with E-state index in [1.54, 1.807) is 20.4 Å². The number of ether oxygens (including phenoxy) is 1. The lowest BCUT2D eigenvalue weighted by Crippen LogP contribution is -2.41. The zero-order valence-corrected chi connectivity index (χ0v) is 18.7. The molecule has 2 N–H and O–H groups in total. The molecule has 0 radical (unpaired) electrons. The molecule has 0 amide bonds. The van der Waals surface area contributed by atoms with Gasteiger partial charge in [0.25, 0.3) is 0 Å². The Labute approximate surface area is 169 Å². The van der Waals surface area contributed by atoms with Gasteiger partial charge in [-0.25, -0.2) is 4.98 Å². The van der Waals surface area contributed by atoms with E-state index < -0.39 is 0 Å². The number of rotatable bonds is 9. The Morgan fingerprint density at radius 2 is 1.92 bits per heavy atom. The summed E-state index contributed by atoms with van der Waals surface area (Å²) in [6.45, 7) is 11.6. The fourth-order valence-electron chi connectivity index (χ4n) is 2.72. The summed E-state index contributed by atoms with van der Waals surface area (Å²) in [6.07, 6.45) is 2.80. The summed E-state index contributed by atoms with van der Waals surface area (Å²) in [5, 5.41) is 6.66. The van der Waals surface area contributed by atoms with E-state index in [9.17, 15) is 0 Å². The first-order valence-corrected chi connectivity index (χ1v) is 8.67. The summed E-state index contributed by atoms with van der Waals surface area (Å²) in [7, 11) is 3.42. The van der Waals surface area contributed by atoms with Crippen molar-refractivity contribution in [3.05, 3.63) is 23.9 Å². The van der Waals surface area contributed by atoms with Crippen LogP contribution in [0.2, 0.25) is 0 Å². The number of aromatic nitrogens is 1. The summed E-state index contributed by atoms with van der Waals surface area (Å²) in [4.78, 5) is 11.0. The predicted molar refractivity (Wildman–Crippen MR) is 116 cm³/mol. The summed E-state index contributed by atoms with van der Waals surface area (Å²) < 4.78 is 5.26. The molecule has 1 aromatic heterocycles. The number of aliphatic imine (C=N–C) groups is 1. The largest absolute Gasteiger partial charge is 0.481 e. The number of hydrogen-bond acceptors (Lipinski definition) is 4. The van der Waals surface area contributed by atoms with Gasteiger partial charge in [-0.15, -0.1) is 24.0 Å². The van der Waals surface area contributed by atoms with Crippen molar-refractivity contribution < 1.29 is 4.74 Å². The molecular weight excluding hydrogens is 429 g/mol. The molecule has 1 aromatic rings. The highest BCUT2D eigenvalue weighted by molar-refractivity contribution is 14.0. The molecule has 0 aromatic carbocycles. The Kier molecular flexibility index (Phi) is 12.6. The molecule has 0 fully saturated rings. The van der Waals surface area contributed by atoms with Crippen LogP contribution < -0.4 is 15.4 Å². The zero-order chi connectivity index (χ0) is 17.9. The van der Waals surface area contributed by atoms with E-state index in [-0.39, 0.29) is 24.0 Å². The van der Waals surface area contributed by atoms with Crippen molar-refractivity contribution in [2.75, 3.05) is 27.2 Å². The molecule has 0 unspecified atom stereocenters. The molecule has 1 rings (SSSR count). The van der Waals surface area contributed by atoms with Crippen molar-refractivity contribution in [3.8, 4) is 5.88 Å². The van der Waals surface area contributed by atoms with Crippen molar-refractivity contribution in [1.29, 1.82) is 0 Å². The Morgan fingerprint density at radius 3 is 2.48 bits per heavy atom. The second-order valence-corrected chi connectivity index (χ2v) is 6.30. The third kappa shape index (κ3) is 8.71. The maximum absolute atomic E-state index is 5.26. The number of methoxy groups -OCH3 is 1. The Hall–Kier alpha value is -1.09. The number of nitrogens with zero attached hydrogens (tertiary/aromatic N) is 3. The van der Waals surface area contributed by atoms with Crippen LogP contribution in [0.4, 0.5) is 0 Å². The van der Waals surface area contributed by atoms with Crippen LogP contribution in [0, 0.1) is 0 Å². The van der Waals surface area contributed by atoms with Gasteiger partial charge in [0.05, 0.1) is 7.11 Å². The van der Waals surface area contributed by atoms with Crippen LogP contribution in [0.15, 0.2) is 23.3 Å². The standard InChI is InChI=1S/C18H33N5O.HI/c1-14(2)23(15(3)4)12-8-11-21-18(19-5)22-13-16-9-7-10-20-17(16)24-6;/h7,9-10,14-15H,8,11-13H2,1-6H3,(H2,19,21,22);1H. The van der Waals surface area contributed by atoms with Gasteiger partial charge >= 0.3 is 0 Å². The highest BCUT2D eigenvalue weighted by Crippen LogP contribution is 2.12. The van der Waals surface area contributed by atoms with E-state index in [0.29, 0.717) is 24.5 Å². The molecule has 144 valence electrons. The van der Waals surface area contributed by atoms with E-state index in [4.69, 9.17) is 4.74 Å². The molecule has 0 aliphatic carbocycles. The second kappa shape index (κ2) is 13.2. The third-order valence-corrected chi connectivity index (χ3v) is 3.93. The van der Waals surface area contributed by atoms with Crippen LogP contribution in [-0.2, 0) is 6.54 Å². The van der Waals surface area contributed by atoms with Crippen molar-refractivity contribution >= 4 is 29.9 Å². The third-order valence-electron chi connectivity index (χ3n) is 3.93. The minimum absolute atomic E-state index is 0. The number of pyridine rings is 1. The predicted octanol–water partition coefficient (Wildman–Crippen LogP) is 2.88. The Balaban J connectivity index is 0.00000576. The highest BCUT2D eigenvalue weighted by atomic mass is 127. The van der Waals surface area contributed by atoms with E-state index in [1.807, 2.05) is 12.1 Å². The molecule has 6 nitrogen and oxygen atoms in total. The van der Waals surface area contributed by atoms with Gasteiger partial charge in [0.2, 0.25) is 5.88 Å². The smallest absolute Gasteiger partial charge is 0.218 e. The van der Waals surface area contributed by atoms with Crippen molar-refractivity contribution in [3.63, 3.8) is 0 Å². The minimum Gasteiger partial charge on any atom is -0.481 e. The van der Waals surface area contributed by atoms with Gasteiger partial charge in [0.15, 0.2) is 5.96 Å². The molecule has 0 atom stereocenters. The van der Waals surface area contributed by atoms with E-state index >= 15 is 0 Å². The highest BCUT2D eigenvalue weighted by Gasteiger charge is 2.12. The normalized spacial score (nSPS) is 11.6. The zero-order valence-electron chi connectivity index (χ0n) is 16.4. The van der Waals surface area contributed by atoms with Crippen LogP contribution in [0.3, 0.4) is 0 Å². The molecular formula is C18H34IN5O.